The summed E-state index contributed by atoms with van der Waals surface area (Å²) in [4.78, 5) is 0. The van der Waals surface area contributed by atoms with Crippen LogP contribution >= 0.6 is 22.2 Å². The van der Waals surface area contributed by atoms with E-state index >= 15 is 0 Å². The van der Waals surface area contributed by atoms with Crippen molar-refractivity contribution in [1.82, 2.24) is 0 Å². The summed E-state index contributed by atoms with van der Waals surface area (Å²) in [6.07, 6.45) is 0. The van der Waals surface area contributed by atoms with E-state index in [1.54, 1.807) is 14.2 Å². The third-order valence-electron chi connectivity index (χ3n) is 10.7. The number of para-hydroxylation sites is 4. The van der Waals surface area contributed by atoms with Crippen molar-refractivity contribution in [1.29, 1.82) is 0 Å². The van der Waals surface area contributed by atoms with Crippen LogP contribution in [0.5, 0.6) is 34.5 Å². The number of benzene rings is 6. The molecule has 0 unspecified atom stereocenters. The van der Waals surface area contributed by atoms with E-state index in [-0.39, 0.29) is 0 Å². The molecule has 60 heavy (non-hydrogen) atoms. The number of methoxy groups -OCH3 is 2. The SMILES string of the molecule is C1COCCO1.COc1ccc2c(c1)O[Si-]1(C)(Cl)Oc3ccccc3[N+]1=C2c1ccccc1.COc1ccc2c(c1)O[Si-]1(C)(Cl)Oc3ccccc3[N+]1=C2c1ccccc1. The molecule has 0 atom stereocenters. The second kappa shape index (κ2) is 15.1. The molecule has 0 spiro atoms. The van der Waals surface area contributed by atoms with Crippen LogP contribution in [0.4, 0.5) is 11.4 Å². The van der Waals surface area contributed by atoms with Crippen molar-refractivity contribution in [2.45, 2.75) is 13.1 Å². The Bertz CT molecular complexity index is 2500. The average Bonchev–Trinajstić information content (AvgIpc) is 3.68. The summed E-state index contributed by atoms with van der Waals surface area (Å²) in [6, 6.07) is 47.7. The van der Waals surface area contributed by atoms with Gasteiger partial charge in [0.15, 0.2) is 0 Å². The average molecular weight is 880 g/mol. The second-order valence-electron chi connectivity index (χ2n) is 15.0. The normalized spacial score (nSPS) is 19.9. The minimum absolute atomic E-state index is 0.670. The molecule has 0 bridgehead atoms. The van der Waals surface area contributed by atoms with E-state index in [2.05, 4.69) is 32.7 Å². The molecule has 0 radical (unpaired) electrons. The van der Waals surface area contributed by atoms with Crippen molar-refractivity contribution in [3.05, 3.63) is 168 Å². The molecule has 0 aromatic heterocycles. The predicted octanol–water partition coefficient (Wildman–Crippen LogP) is 9.87. The van der Waals surface area contributed by atoms with Gasteiger partial charge in [-0.2, -0.15) is 0 Å². The van der Waals surface area contributed by atoms with Gasteiger partial charge < -0.3 is 9.47 Å². The van der Waals surface area contributed by atoms with Crippen molar-refractivity contribution in [3.8, 4) is 34.5 Å². The van der Waals surface area contributed by atoms with Gasteiger partial charge in [-0.15, -0.1) is 0 Å². The first-order valence-electron chi connectivity index (χ1n) is 19.7. The molecule has 14 heteroatoms. The standard InChI is InChI=1S/2C21H18ClNO3Si.C4H8O2/c2*1-24-16-12-13-17-20(14-16)26-27(2,22)23(18-10-6-7-11-19(18)25-27)21(17)15-8-4-3-5-9-15;1-2-6-4-3-5-1/h2*3-14H,1-2H3;1-4H2. The van der Waals surface area contributed by atoms with E-state index in [0.29, 0.717) is 23.0 Å². The molecule has 5 aliphatic rings. The molecule has 1 fully saturated rings. The number of hydrogen-bond donors (Lipinski definition) is 0. The van der Waals surface area contributed by atoms with Crippen molar-refractivity contribution in [2.24, 2.45) is 0 Å². The quantitative estimate of drug-likeness (QED) is 0.128. The van der Waals surface area contributed by atoms with E-state index in [0.717, 1.165) is 83.0 Å². The van der Waals surface area contributed by atoms with E-state index in [9.17, 15) is 0 Å². The number of ether oxygens (including phenoxy) is 4. The summed E-state index contributed by atoms with van der Waals surface area (Å²) in [5, 5.41) is 0. The molecule has 6 aromatic rings. The maximum atomic E-state index is 7.23. The molecule has 0 amide bonds. The van der Waals surface area contributed by atoms with Gasteiger partial charge in [-0.3, -0.25) is 0 Å². The zero-order chi connectivity index (χ0) is 41.6. The third kappa shape index (κ3) is 7.02. The van der Waals surface area contributed by atoms with Crippen LogP contribution in [0.25, 0.3) is 0 Å². The number of hydrogen-bond acceptors (Lipinski definition) is 8. The van der Waals surface area contributed by atoms with Gasteiger partial charge in [-0.1, -0.05) is 0 Å². The summed E-state index contributed by atoms with van der Waals surface area (Å²) < 4.78 is 50.3. The molecule has 5 aliphatic heterocycles. The van der Waals surface area contributed by atoms with Gasteiger partial charge in [0.25, 0.3) is 0 Å². The Morgan fingerprint density at radius 3 is 1.17 bits per heavy atom. The zero-order valence-electron chi connectivity index (χ0n) is 33.6. The summed E-state index contributed by atoms with van der Waals surface area (Å²) in [5.41, 5.74) is 7.81. The first kappa shape index (κ1) is 39.8. The molecule has 5 heterocycles. The fourth-order valence-corrected chi connectivity index (χ4v) is 16.2. The van der Waals surface area contributed by atoms with Crippen LogP contribution in [0.3, 0.4) is 0 Å². The first-order valence-corrected chi connectivity index (χ1v) is 27.2. The van der Waals surface area contributed by atoms with Gasteiger partial charge in [0.2, 0.25) is 0 Å². The monoisotopic (exact) mass is 878 g/mol. The van der Waals surface area contributed by atoms with Crippen molar-refractivity contribution in [2.75, 3.05) is 40.6 Å². The molecule has 11 rings (SSSR count). The summed E-state index contributed by atoms with van der Waals surface area (Å²) in [6.45, 7) is 6.87. The van der Waals surface area contributed by atoms with Crippen LogP contribution in [0, 0.1) is 0 Å². The molecular formula is C46H44Cl2N2O8Si2. The molecule has 0 saturated carbocycles. The van der Waals surface area contributed by atoms with E-state index in [4.69, 9.17) is 58.8 Å². The minimum atomic E-state index is -4.03. The van der Waals surface area contributed by atoms with Crippen LogP contribution in [0.1, 0.15) is 22.3 Å². The van der Waals surface area contributed by atoms with Gasteiger partial charge >= 0.3 is 325 Å². The molecule has 6 aromatic carbocycles. The van der Waals surface area contributed by atoms with Gasteiger partial charge in [0.1, 0.15) is 0 Å². The van der Waals surface area contributed by atoms with Crippen LogP contribution in [-0.2, 0) is 9.47 Å². The van der Waals surface area contributed by atoms with Crippen LogP contribution in [0.15, 0.2) is 146 Å². The summed E-state index contributed by atoms with van der Waals surface area (Å²) >= 11 is 14.5. The zero-order valence-corrected chi connectivity index (χ0v) is 37.1. The van der Waals surface area contributed by atoms with Crippen LogP contribution in [0.2, 0.25) is 13.1 Å². The number of halogens is 2. The van der Waals surface area contributed by atoms with Crippen LogP contribution < -0.4 is 27.2 Å². The topological polar surface area (TPSA) is 79.9 Å². The Balaban J connectivity index is 0.000000135. The van der Waals surface area contributed by atoms with Crippen molar-refractivity contribution >= 4 is 59.6 Å². The van der Waals surface area contributed by atoms with Crippen LogP contribution in [-0.4, -0.2) is 75.2 Å². The third-order valence-corrected chi connectivity index (χ3v) is 18.3. The molecule has 1 saturated heterocycles. The van der Waals surface area contributed by atoms with Crippen molar-refractivity contribution < 1.29 is 45.1 Å². The van der Waals surface area contributed by atoms with E-state index < -0.39 is 14.6 Å². The molecule has 10 nitrogen and oxygen atoms in total. The predicted molar refractivity (Wildman–Crippen MR) is 237 cm³/mol. The van der Waals surface area contributed by atoms with Crippen molar-refractivity contribution in [3.63, 3.8) is 0 Å². The Labute approximate surface area is 359 Å². The Hall–Kier alpha value is -5.61. The van der Waals surface area contributed by atoms with Gasteiger partial charge in [-0.25, -0.2) is 0 Å². The van der Waals surface area contributed by atoms with Gasteiger partial charge in [0.05, 0.1) is 26.4 Å². The molecule has 0 aliphatic carbocycles. The second-order valence-corrected chi connectivity index (χ2v) is 27.2. The van der Waals surface area contributed by atoms with Gasteiger partial charge in [0, 0.05) is 0 Å². The summed E-state index contributed by atoms with van der Waals surface area (Å²) in [5.74, 6) is 4.23. The Kier molecular flexibility index (Phi) is 10.1. The van der Waals surface area contributed by atoms with Gasteiger partial charge in [-0.05, 0) is 0 Å². The number of nitrogens with zero attached hydrogens (tertiary/aromatic N) is 2. The summed E-state index contributed by atoms with van der Waals surface area (Å²) in [7, 11) is -4.78. The molecular weight excluding hydrogens is 836 g/mol. The Morgan fingerprint density at radius 1 is 0.450 bits per heavy atom. The first-order chi connectivity index (χ1) is 29.0. The molecule has 0 N–H and O–H groups in total. The maximum absolute atomic E-state index is 7.23. The Morgan fingerprint density at radius 2 is 0.800 bits per heavy atom. The number of fused-ring (bicyclic) bond motifs is 8. The van der Waals surface area contributed by atoms with E-state index in [1.807, 2.05) is 134 Å². The van der Waals surface area contributed by atoms with E-state index in [1.165, 1.54) is 0 Å². The number of rotatable bonds is 4. The fraction of sp³-hybridized carbons (Fsp3) is 0.174. The molecule has 308 valence electrons. The fourth-order valence-electron chi connectivity index (χ4n) is 8.18.